The highest BCUT2D eigenvalue weighted by molar-refractivity contribution is 6.37. The first-order valence-corrected chi connectivity index (χ1v) is 7.63. The Labute approximate surface area is 142 Å². The van der Waals surface area contributed by atoms with Crippen molar-refractivity contribution in [2.75, 3.05) is 7.11 Å². The van der Waals surface area contributed by atoms with Crippen LogP contribution in [-0.2, 0) is 6.54 Å². The number of halogens is 2. The molecule has 0 fully saturated rings. The molecule has 0 radical (unpaired) electrons. The predicted molar refractivity (Wildman–Crippen MR) is 90.4 cm³/mol. The first kappa shape index (κ1) is 15.7. The van der Waals surface area contributed by atoms with Gasteiger partial charge in [-0.25, -0.2) is 0 Å². The van der Waals surface area contributed by atoms with Gasteiger partial charge in [0.15, 0.2) is 5.75 Å². The standard InChI is InChI=1S/C17H13Cl2NO3/c1-22-16-13(19)7-6-12(18)15(16)17(21)20-9-11-8-10-4-2-3-5-14(10)23-11/h2-8H,9H2,1H3,(H,20,21). The molecule has 23 heavy (non-hydrogen) atoms. The average molecular weight is 350 g/mol. The van der Waals surface area contributed by atoms with Crippen molar-refractivity contribution in [2.45, 2.75) is 6.54 Å². The van der Waals surface area contributed by atoms with Crippen molar-refractivity contribution in [3.63, 3.8) is 0 Å². The molecule has 0 spiro atoms. The van der Waals surface area contributed by atoms with E-state index in [2.05, 4.69) is 5.32 Å². The Balaban J connectivity index is 1.81. The first-order valence-electron chi connectivity index (χ1n) is 6.88. The van der Waals surface area contributed by atoms with Gasteiger partial charge in [0.05, 0.1) is 23.7 Å². The number of hydrogen-bond acceptors (Lipinski definition) is 3. The van der Waals surface area contributed by atoms with Gasteiger partial charge in [-0.1, -0.05) is 41.4 Å². The normalized spacial score (nSPS) is 10.7. The third kappa shape index (κ3) is 3.14. The van der Waals surface area contributed by atoms with E-state index in [9.17, 15) is 4.79 Å². The van der Waals surface area contributed by atoms with E-state index in [-0.39, 0.29) is 28.8 Å². The van der Waals surface area contributed by atoms with Gasteiger partial charge in [-0.05, 0) is 24.3 Å². The van der Waals surface area contributed by atoms with E-state index in [1.165, 1.54) is 7.11 Å². The molecule has 118 valence electrons. The molecule has 0 saturated carbocycles. The average Bonchev–Trinajstić information content (AvgIpc) is 2.97. The number of carbonyl (C=O) groups is 1. The maximum absolute atomic E-state index is 12.4. The Kier molecular flexibility index (Phi) is 4.46. The fraction of sp³-hybridized carbons (Fsp3) is 0.118. The number of amides is 1. The molecule has 0 atom stereocenters. The Morgan fingerprint density at radius 2 is 1.91 bits per heavy atom. The van der Waals surface area contributed by atoms with E-state index in [0.29, 0.717) is 10.8 Å². The number of methoxy groups -OCH3 is 1. The van der Waals surface area contributed by atoms with Crippen molar-refractivity contribution in [1.29, 1.82) is 0 Å². The summed E-state index contributed by atoms with van der Waals surface area (Å²) in [6.45, 7) is 0.236. The number of furan rings is 1. The zero-order valence-electron chi connectivity index (χ0n) is 12.2. The number of benzene rings is 2. The molecule has 0 bridgehead atoms. The minimum atomic E-state index is -0.380. The van der Waals surface area contributed by atoms with Crippen LogP contribution < -0.4 is 10.1 Å². The maximum atomic E-state index is 12.4. The summed E-state index contributed by atoms with van der Waals surface area (Å²) < 4.78 is 10.8. The number of carbonyl (C=O) groups excluding carboxylic acids is 1. The molecule has 6 heteroatoms. The van der Waals surface area contributed by atoms with Crippen LogP contribution >= 0.6 is 23.2 Å². The van der Waals surface area contributed by atoms with Gasteiger partial charge < -0.3 is 14.5 Å². The van der Waals surface area contributed by atoms with Crippen LogP contribution in [-0.4, -0.2) is 13.0 Å². The molecule has 1 heterocycles. The highest BCUT2D eigenvalue weighted by atomic mass is 35.5. The summed E-state index contributed by atoms with van der Waals surface area (Å²) in [7, 11) is 1.44. The zero-order chi connectivity index (χ0) is 16.4. The van der Waals surface area contributed by atoms with Gasteiger partial charge in [-0.15, -0.1) is 0 Å². The Morgan fingerprint density at radius 3 is 2.65 bits per heavy atom. The third-order valence-electron chi connectivity index (χ3n) is 3.39. The van der Waals surface area contributed by atoms with Gasteiger partial charge in [0.1, 0.15) is 16.9 Å². The number of hydrogen-bond donors (Lipinski definition) is 1. The summed E-state index contributed by atoms with van der Waals surface area (Å²) in [5.41, 5.74) is 0.980. The lowest BCUT2D eigenvalue weighted by molar-refractivity contribution is 0.0945. The zero-order valence-corrected chi connectivity index (χ0v) is 13.7. The topological polar surface area (TPSA) is 51.5 Å². The van der Waals surface area contributed by atoms with Gasteiger partial charge in [-0.2, -0.15) is 0 Å². The van der Waals surface area contributed by atoms with E-state index in [0.717, 1.165) is 11.0 Å². The molecule has 0 aliphatic heterocycles. The highest BCUT2D eigenvalue weighted by Crippen LogP contribution is 2.33. The number of rotatable bonds is 4. The summed E-state index contributed by atoms with van der Waals surface area (Å²) in [5, 5.41) is 4.34. The second-order valence-electron chi connectivity index (χ2n) is 4.87. The summed E-state index contributed by atoms with van der Waals surface area (Å²) in [4.78, 5) is 12.4. The Bertz CT molecular complexity index is 840. The van der Waals surface area contributed by atoms with Crippen molar-refractivity contribution >= 4 is 40.1 Å². The molecule has 0 unspecified atom stereocenters. The van der Waals surface area contributed by atoms with Crippen LogP contribution in [0.15, 0.2) is 46.9 Å². The van der Waals surface area contributed by atoms with Crippen LogP contribution in [0.5, 0.6) is 5.75 Å². The molecule has 0 saturated heterocycles. The van der Waals surface area contributed by atoms with Crippen LogP contribution in [0, 0.1) is 0 Å². The van der Waals surface area contributed by atoms with Gasteiger partial charge in [0, 0.05) is 5.39 Å². The molecule has 4 nitrogen and oxygen atoms in total. The fourth-order valence-electron chi connectivity index (χ4n) is 2.32. The smallest absolute Gasteiger partial charge is 0.257 e. The van der Waals surface area contributed by atoms with E-state index < -0.39 is 0 Å². The van der Waals surface area contributed by atoms with E-state index in [1.807, 2.05) is 30.3 Å². The molecule has 0 aliphatic carbocycles. The van der Waals surface area contributed by atoms with Crippen molar-refractivity contribution in [1.82, 2.24) is 5.32 Å². The second kappa shape index (κ2) is 6.52. The summed E-state index contributed by atoms with van der Waals surface area (Å²) in [6, 6.07) is 12.7. The van der Waals surface area contributed by atoms with Crippen molar-refractivity contribution < 1.29 is 13.9 Å². The van der Waals surface area contributed by atoms with Crippen LogP contribution in [0.1, 0.15) is 16.1 Å². The van der Waals surface area contributed by atoms with Gasteiger partial charge >= 0.3 is 0 Å². The summed E-state index contributed by atoms with van der Waals surface area (Å²) >= 11 is 12.1. The van der Waals surface area contributed by atoms with E-state index in [4.69, 9.17) is 32.4 Å². The van der Waals surface area contributed by atoms with Crippen LogP contribution in [0.2, 0.25) is 10.0 Å². The highest BCUT2D eigenvalue weighted by Gasteiger charge is 2.19. The minimum Gasteiger partial charge on any atom is -0.494 e. The Hall–Kier alpha value is -2.17. The minimum absolute atomic E-state index is 0.206. The van der Waals surface area contributed by atoms with Crippen molar-refractivity contribution in [3.8, 4) is 5.75 Å². The first-order chi connectivity index (χ1) is 11.1. The lowest BCUT2D eigenvalue weighted by atomic mass is 10.2. The largest absolute Gasteiger partial charge is 0.494 e. The number of fused-ring (bicyclic) bond motifs is 1. The van der Waals surface area contributed by atoms with Crippen LogP contribution in [0.4, 0.5) is 0 Å². The number of ether oxygens (including phenoxy) is 1. The predicted octanol–water partition coefficient (Wildman–Crippen LogP) is 4.68. The maximum Gasteiger partial charge on any atom is 0.257 e. The molecular weight excluding hydrogens is 337 g/mol. The van der Waals surface area contributed by atoms with Crippen LogP contribution in [0.3, 0.4) is 0 Å². The molecular formula is C17H13Cl2NO3. The summed E-state index contributed by atoms with van der Waals surface area (Å²) in [6.07, 6.45) is 0. The van der Waals surface area contributed by atoms with Gasteiger partial charge in [-0.3, -0.25) is 4.79 Å². The SMILES string of the molecule is COc1c(Cl)ccc(Cl)c1C(=O)NCc1cc2ccccc2o1. The molecule has 0 aliphatic rings. The van der Waals surface area contributed by atoms with Gasteiger partial charge in [0.25, 0.3) is 5.91 Å². The molecule has 2 aromatic carbocycles. The lowest BCUT2D eigenvalue weighted by Gasteiger charge is -2.11. The van der Waals surface area contributed by atoms with Gasteiger partial charge in [0.2, 0.25) is 0 Å². The van der Waals surface area contributed by atoms with E-state index >= 15 is 0 Å². The van der Waals surface area contributed by atoms with Crippen LogP contribution in [0.25, 0.3) is 11.0 Å². The quantitative estimate of drug-likeness (QED) is 0.743. The third-order valence-corrected chi connectivity index (χ3v) is 4.00. The lowest BCUT2D eigenvalue weighted by Crippen LogP contribution is -2.23. The molecule has 1 amide bonds. The second-order valence-corrected chi connectivity index (χ2v) is 5.69. The summed E-state index contributed by atoms with van der Waals surface area (Å²) in [5.74, 6) is 0.521. The Morgan fingerprint density at radius 1 is 1.17 bits per heavy atom. The monoisotopic (exact) mass is 349 g/mol. The molecule has 3 rings (SSSR count). The number of nitrogens with one attached hydrogen (secondary N) is 1. The van der Waals surface area contributed by atoms with Crippen molar-refractivity contribution in [3.05, 3.63) is 63.8 Å². The fourth-order valence-corrected chi connectivity index (χ4v) is 2.79. The molecule has 1 aromatic heterocycles. The molecule has 3 aromatic rings. The number of para-hydroxylation sites is 1. The van der Waals surface area contributed by atoms with Crippen molar-refractivity contribution in [2.24, 2.45) is 0 Å². The van der Waals surface area contributed by atoms with E-state index in [1.54, 1.807) is 12.1 Å². The molecule has 1 N–H and O–H groups in total.